The number of aryl methyl sites for hydroxylation is 1. The van der Waals surface area contributed by atoms with Crippen molar-refractivity contribution in [1.29, 1.82) is 0 Å². The molecule has 4 rings (SSSR count). The average Bonchev–Trinajstić information content (AvgIpc) is 2.87. The number of carbonyl (C=O) groups is 1. The van der Waals surface area contributed by atoms with Gasteiger partial charge in [0.2, 0.25) is 0 Å². The molecule has 1 fully saturated rings. The van der Waals surface area contributed by atoms with Gasteiger partial charge in [-0.25, -0.2) is 0 Å². The first kappa shape index (κ1) is 27.0. The molecule has 0 radical (unpaired) electrons. The largest absolute Gasteiger partial charge is 0.459 e. The van der Waals surface area contributed by atoms with Crippen LogP contribution in [0.1, 0.15) is 42.9 Å². The summed E-state index contributed by atoms with van der Waals surface area (Å²) in [6.07, 6.45) is 0.741. The third kappa shape index (κ3) is 7.74. The summed E-state index contributed by atoms with van der Waals surface area (Å²) >= 11 is 0. The molecule has 0 heterocycles. The van der Waals surface area contributed by atoms with Crippen LogP contribution in [0.25, 0.3) is 0 Å². The number of nitrogens with zero attached hydrogens (tertiary/aromatic N) is 1. The third-order valence-electron chi connectivity index (χ3n) is 6.75. The van der Waals surface area contributed by atoms with Gasteiger partial charge in [0.1, 0.15) is 12.2 Å². The highest BCUT2D eigenvalue weighted by Crippen LogP contribution is 2.33. The second-order valence-electron chi connectivity index (χ2n) is 9.81. The molecule has 1 aliphatic carbocycles. The molecule has 0 unspecified atom stereocenters. The van der Waals surface area contributed by atoms with E-state index in [1.165, 1.54) is 18.1 Å². The number of esters is 1. The average molecular weight is 522 g/mol. The molecule has 3 aromatic carbocycles. The van der Waals surface area contributed by atoms with E-state index in [1.807, 2.05) is 43.3 Å². The number of rotatable bonds is 10. The van der Waals surface area contributed by atoms with Crippen molar-refractivity contribution in [3.05, 3.63) is 102 Å². The van der Waals surface area contributed by atoms with Crippen molar-refractivity contribution in [2.24, 2.45) is 5.92 Å². The van der Waals surface area contributed by atoms with Crippen LogP contribution >= 0.6 is 0 Å². The number of benzene rings is 3. The topological polar surface area (TPSA) is 72.9 Å². The van der Waals surface area contributed by atoms with E-state index in [4.69, 9.17) is 8.92 Å². The van der Waals surface area contributed by atoms with Gasteiger partial charge in [0, 0.05) is 32.5 Å². The first-order valence-electron chi connectivity index (χ1n) is 12.8. The lowest BCUT2D eigenvalue weighted by molar-refractivity contribution is -0.159. The maximum atomic E-state index is 13.1. The van der Waals surface area contributed by atoms with E-state index < -0.39 is 28.3 Å². The molecule has 0 amide bonds. The van der Waals surface area contributed by atoms with E-state index in [0.717, 1.165) is 31.5 Å². The number of hydrogen-bond acceptors (Lipinski definition) is 6. The van der Waals surface area contributed by atoms with Crippen LogP contribution in [-0.2, 0) is 36.9 Å². The lowest BCUT2D eigenvalue weighted by Gasteiger charge is -2.39. The van der Waals surface area contributed by atoms with Crippen molar-refractivity contribution < 1.29 is 22.1 Å². The summed E-state index contributed by atoms with van der Waals surface area (Å²) in [4.78, 5) is 14.5. The van der Waals surface area contributed by atoms with E-state index >= 15 is 0 Å². The summed E-state index contributed by atoms with van der Waals surface area (Å²) in [5.74, 6) is -0.501. The molecule has 6 nitrogen and oxygen atoms in total. The van der Waals surface area contributed by atoms with Crippen molar-refractivity contribution in [2.45, 2.75) is 63.3 Å². The fourth-order valence-corrected chi connectivity index (χ4v) is 6.11. The molecular weight excluding hydrogens is 486 g/mol. The molecule has 3 atom stereocenters. The van der Waals surface area contributed by atoms with Crippen LogP contribution in [0.4, 0.5) is 0 Å². The van der Waals surface area contributed by atoms with Gasteiger partial charge in [-0.2, -0.15) is 8.42 Å². The Bertz CT molecular complexity index is 1200. The maximum absolute atomic E-state index is 13.1. The SMILES string of the molecule is CC(=O)O[C@@H]1[C@H](CN(Cc2ccccc2)Cc2ccccc2)CCC[C@H]1OS(=O)(=O)c1ccc(C)cc1. The zero-order valence-corrected chi connectivity index (χ0v) is 22.3. The fraction of sp³-hybridized carbons (Fsp3) is 0.367. The quantitative estimate of drug-likeness (QED) is 0.259. The molecule has 0 bridgehead atoms. The summed E-state index contributed by atoms with van der Waals surface area (Å²) in [7, 11) is -4.00. The van der Waals surface area contributed by atoms with Crippen molar-refractivity contribution in [2.75, 3.05) is 6.54 Å². The van der Waals surface area contributed by atoms with Crippen molar-refractivity contribution in [1.82, 2.24) is 4.90 Å². The van der Waals surface area contributed by atoms with Gasteiger partial charge in [0.15, 0.2) is 0 Å². The van der Waals surface area contributed by atoms with Crippen LogP contribution < -0.4 is 0 Å². The Morgan fingerprint density at radius 2 is 1.43 bits per heavy atom. The smallest absolute Gasteiger partial charge is 0.303 e. The summed E-state index contributed by atoms with van der Waals surface area (Å²) in [6, 6.07) is 27.1. The second-order valence-corrected chi connectivity index (χ2v) is 11.4. The Kier molecular flexibility index (Phi) is 9.14. The highest BCUT2D eigenvalue weighted by molar-refractivity contribution is 7.86. The number of carbonyl (C=O) groups excluding carboxylic acids is 1. The molecule has 0 aromatic heterocycles. The highest BCUT2D eigenvalue weighted by atomic mass is 32.2. The third-order valence-corrected chi connectivity index (χ3v) is 8.10. The van der Waals surface area contributed by atoms with Gasteiger partial charge in [0.05, 0.1) is 4.90 Å². The molecular formula is C30H35NO5S. The predicted octanol–water partition coefficient (Wildman–Crippen LogP) is 5.50. The zero-order chi connectivity index (χ0) is 26.3. The molecule has 196 valence electrons. The standard InChI is InChI=1S/C30H35NO5S/c1-23-16-18-28(19-17-23)37(33,34)36-29-15-9-14-27(30(29)35-24(2)32)22-31(20-25-10-5-3-6-11-25)21-26-12-7-4-8-13-26/h3-8,10-13,16-19,27,29-30H,9,14-15,20-22H2,1-2H3/t27-,29+,30+/m0/s1. The normalized spacial score (nSPS) is 20.0. The minimum atomic E-state index is -4.00. The first-order chi connectivity index (χ1) is 17.8. The Hall–Kier alpha value is -3.00. The molecule has 0 aliphatic heterocycles. The molecule has 37 heavy (non-hydrogen) atoms. The van der Waals surface area contributed by atoms with Crippen molar-refractivity contribution in [3.63, 3.8) is 0 Å². The highest BCUT2D eigenvalue weighted by Gasteiger charge is 2.40. The lowest BCUT2D eigenvalue weighted by Crippen LogP contribution is -2.47. The predicted molar refractivity (Wildman–Crippen MR) is 143 cm³/mol. The minimum Gasteiger partial charge on any atom is -0.459 e. The molecule has 1 saturated carbocycles. The maximum Gasteiger partial charge on any atom is 0.303 e. The Balaban J connectivity index is 1.55. The molecule has 0 saturated heterocycles. The molecule has 7 heteroatoms. The van der Waals surface area contributed by atoms with Crippen LogP contribution in [0.5, 0.6) is 0 Å². The fourth-order valence-electron chi connectivity index (χ4n) is 5.00. The summed E-state index contributed by atoms with van der Waals surface area (Å²) in [5.41, 5.74) is 3.34. The van der Waals surface area contributed by atoms with Crippen LogP contribution in [-0.4, -0.2) is 38.0 Å². The lowest BCUT2D eigenvalue weighted by atomic mass is 9.83. The van der Waals surface area contributed by atoms with Gasteiger partial charge in [0.25, 0.3) is 10.1 Å². The second kappa shape index (κ2) is 12.5. The zero-order valence-electron chi connectivity index (χ0n) is 21.5. The first-order valence-corrected chi connectivity index (χ1v) is 14.2. The minimum absolute atomic E-state index is 0.0664. The van der Waals surface area contributed by atoms with Gasteiger partial charge < -0.3 is 4.74 Å². The van der Waals surface area contributed by atoms with Gasteiger partial charge in [-0.1, -0.05) is 84.8 Å². The van der Waals surface area contributed by atoms with Gasteiger partial charge in [-0.15, -0.1) is 0 Å². The number of hydrogen-bond donors (Lipinski definition) is 0. The van der Waals surface area contributed by atoms with Crippen LogP contribution in [0.3, 0.4) is 0 Å². The van der Waals surface area contributed by atoms with Crippen LogP contribution in [0, 0.1) is 12.8 Å². The van der Waals surface area contributed by atoms with Crippen molar-refractivity contribution >= 4 is 16.1 Å². The van der Waals surface area contributed by atoms with Crippen molar-refractivity contribution in [3.8, 4) is 0 Å². The molecule has 0 spiro atoms. The number of ether oxygens (including phenoxy) is 1. The molecule has 1 aliphatic rings. The van der Waals surface area contributed by atoms with Gasteiger partial charge in [-0.3, -0.25) is 13.9 Å². The summed E-state index contributed by atoms with van der Waals surface area (Å²) < 4.78 is 37.7. The van der Waals surface area contributed by atoms with Gasteiger partial charge in [-0.05, 0) is 43.0 Å². The molecule has 0 N–H and O–H groups in total. The van der Waals surface area contributed by atoms with Crippen LogP contribution in [0.15, 0.2) is 89.8 Å². The molecule has 3 aromatic rings. The van der Waals surface area contributed by atoms with E-state index in [9.17, 15) is 13.2 Å². The van der Waals surface area contributed by atoms with E-state index in [0.29, 0.717) is 13.0 Å². The summed E-state index contributed by atoms with van der Waals surface area (Å²) in [6.45, 7) is 5.36. The van der Waals surface area contributed by atoms with E-state index in [1.54, 1.807) is 24.3 Å². The Labute approximate surface area is 220 Å². The van der Waals surface area contributed by atoms with E-state index in [-0.39, 0.29) is 10.8 Å². The van der Waals surface area contributed by atoms with Gasteiger partial charge >= 0.3 is 5.97 Å². The Morgan fingerprint density at radius 1 is 0.865 bits per heavy atom. The monoisotopic (exact) mass is 521 g/mol. The van der Waals surface area contributed by atoms with Crippen LogP contribution in [0.2, 0.25) is 0 Å². The Morgan fingerprint density at radius 3 is 1.97 bits per heavy atom. The van der Waals surface area contributed by atoms with E-state index in [2.05, 4.69) is 29.2 Å². The summed E-state index contributed by atoms with van der Waals surface area (Å²) in [5, 5.41) is 0.